The van der Waals surface area contributed by atoms with E-state index >= 15 is 0 Å². The van der Waals surface area contributed by atoms with Gasteiger partial charge in [-0.15, -0.1) is 0 Å². The molecule has 0 aromatic carbocycles. The van der Waals surface area contributed by atoms with Gasteiger partial charge in [0.15, 0.2) is 0 Å². The number of likely N-dealkylation sites (N-methyl/N-ethyl adjacent to an activating group) is 1. The molecule has 0 saturated carbocycles. The highest BCUT2D eigenvalue weighted by atomic mass is 31.2. The third kappa shape index (κ3) is 60.2. The zero-order valence-electron chi connectivity index (χ0n) is 50.8. The predicted molar refractivity (Wildman–Crippen MR) is 325 cm³/mol. The van der Waals surface area contributed by atoms with Crippen LogP contribution in [-0.4, -0.2) is 68.5 Å². The zero-order valence-corrected chi connectivity index (χ0v) is 51.7. The number of carbonyl (C=O) groups excluding carboxylic acids is 1. The molecule has 8 nitrogen and oxygen atoms in total. The van der Waals surface area contributed by atoms with E-state index in [0.717, 1.165) is 44.9 Å². The molecule has 2 N–H and O–H groups in total. The summed E-state index contributed by atoms with van der Waals surface area (Å²) in [5.74, 6) is -0.204. The molecule has 0 heterocycles. The molecule has 9 heteroatoms. The molecule has 0 aromatic heterocycles. The number of carbonyl (C=O) groups is 1. The van der Waals surface area contributed by atoms with E-state index in [9.17, 15) is 19.4 Å². The summed E-state index contributed by atoms with van der Waals surface area (Å²) >= 11 is 0. The molecule has 0 radical (unpaired) electrons. The Morgan fingerprint density at radius 3 is 1.08 bits per heavy atom. The van der Waals surface area contributed by atoms with Gasteiger partial charge in [-0.3, -0.25) is 9.36 Å². The Morgan fingerprint density at radius 2 is 0.747 bits per heavy atom. The van der Waals surface area contributed by atoms with Crippen LogP contribution in [0.5, 0.6) is 0 Å². The molecule has 75 heavy (non-hydrogen) atoms. The number of hydrogen-bond acceptors (Lipinski definition) is 6. The van der Waals surface area contributed by atoms with Crippen LogP contribution in [0.3, 0.4) is 0 Å². The van der Waals surface area contributed by atoms with Crippen molar-refractivity contribution in [2.75, 3.05) is 40.9 Å². The van der Waals surface area contributed by atoms with Gasteiger partial charge in [0.05, 0.1) is 39.9 Å². The van der Waals surface area contributed by atoms with Gasteiger partial charge in [0.25, 0.3) is 7.82 Å². The standard InChI is InChI=1S/C66H129N2O6P/c1-6-8-10-12-14-16-18-20-22-24-26-28-30-32-33-34-36-38-40-42-44-46-48-50-52-54-56-58-60-66(70)67-64(63-74-75(71,72)73-62-61-68(3,4)5)65(69)59-57-55-53-51-49-47-45-43-41-39-37-35-31-29-27-25-23-21-19-17-15-13-11-9-7-2/h41,43,49,51,57,59,64-65,69H,6-40,42,44-48,50,52-56,58,60-63H2,1-5H3,(H-,67,70,71,72)/b43-41+,51-49+,59-57+. The van der Waals surface area contributed by atoms with Gasteiger partial charge in [-0.25, -0.2) is 0 Å². The van der Waals surface area contributed by atoms with E-state index < -0.39 is 26.6 Å². The Bertz CT molecular complexity index is 1320. The second kappa shape index (κ2) is 57.4. The average molecular weight is 1080 g/mol. The minimum atomic E-state index is -4.61. The summed E-state index contributed by atoms with van der Waals surface area (Å²) in [6.45, 7) is 4.67. The largest absolute Gasteiger partial charge is 0.756 e. The highest BCUT2D eigenvalue weighted by Gasteiger charge is 2.23. The van der Waals surface area contributed by atoms with Gasteiger partial charge >= 0.3 is 0 Å². The monoisotopic (exact) mass is 1080 g/mol. The topological polar surface area (TPSA) is 108 Å². The Hall–Kier alpha value is -1.28. The fraction of sp³-hybridized carbons (Fsp3) is 0.894. The van der Waals surface area contributed by atoms with E-state index in [1.54, 1.807) is 6.08 Å². The lowest BCUT2D eigenvalue weighted by molar-refractivity contribution is -0.870. The van der Waals surface area contributed by atoms with Gasteiger partial charge in [0.2, 0.25) is 5.91 Å². The summed E-state index contributed by atoms with van der Waals surface area (Å²) in [7, 11) is 1.25. The third-order valence-electron chi connectivity index (χ3n) is 15.1. The summed E-state index contributed by atoms with van der Waals surface area (Å²) in [5, 5.41) is 13.9. The normalized spacial score (nSPS) is 14.0. The minimum Gasteiger partial charge on any atom is -0.756 e. The van der Waals surface area contributed by atoms with Crippen molar-refractivity contribution in [2.24, 2.45) is 0 Å². The first-order valence-electron chi connectivity index (χ1n) is 32.9. The molecule has 0 aliphatic heterocycles. The summed E-state index contributed by atoms with van der Waals surface area (Å²) in [6.07, 6.45) is 75.4. The number of aliphatic hydroxyl groups excluding tert-OH is 1. The van der Waals surface area contributed by atoms with Crippen LogP contribution in [-0.2, 0) is 18.4 Å². The molecule has 444 valence electrons. The molecule has 0 aromatic rings. The second-order valence-electron chi connectivity index (χ2n) is 23.8. The van der Waals surface area contributed by atoms with Crippen LogP contribution in [0.1, 0.15) is 328 Å². The van der Waals surface area contributed by atoms with Gasteiger partial charge in [0.1, 0.15) is 13.2 Å². The van der Waals surface area contributed by atoms with E-state index in [4.69, 9.17) is 9.05 Å². The van der Waals surface area contributed by atoms with Crippen molar-refractivity contribution in [2.45, 2.75) is 341 Å². The lowest BCUT2D eigenvalue weighted by Crippen LogP contribution is -2.45. The third-order valence-corrected chi connectivity index (χ3v) is 16.0. The van der Waals surface area contributed by atoms with Crippen LogP contribution in [0, 0.1) is 0 Å². The van der Waals surface area contributed by atoms with Crippen molar-refractivity contribution in [1.82, 2.24) is 5.32 Å². The molecule has 3 unspecified atom stereocenters. The van der Waals surface area contributed by atoms with Crippen LogP contribution >= 0.6 is 7.82 Å². The van der Waals surface area contributed by atoms with Crippen molar-refractivity contribution >= 4 is 13.7 Å². The molecule has 0 aliphatic carbocycles. The highest BCUT2D eigenvalue weighted by molar-refractivity contribution is 7.45. The van der Waals surface area contributed by atoms with E-state index in [2.05, 4.69) is 43.5 Å². The molecular formula is C66H129N2O6P. The summed E-state index contributed by atoms with van der Waals surface area (Å²) in [6, 6.07) is -0.909. The number of allylic oxidation sites excluding steroid dienone is 5. The van der Waals surface area contributed by atoms with Crippen molar-refractivity contribution < 1.29 is 32.9 Å². The average Bonchev–Trinajstić information content (AvgIpc) is 3.37. The maximum atomic E-state index is 13.0. The lowest BCUT2D eigenvalue weighted by atomic mass is 10.0. The quantitative estimate of drug-likeness (QED) is 0.0272. The molecule has 0 bridgehead atoms. The molecular weight excluding hydrogens is 948 g/mol. The lowest BCUT2D eigenvalue weighted by Gasteiger charge is -2.29. The van der Waals surface area contributed by atoms with E-state index in [0.29, 0.717) is 17.4 Å². The number of phosphoric acid groups is 1. The van der Waals surface area contributed by atoms with Crippen LogP contribution in [0.4, 0.5) is 0 Å². The fourth-order valence-corrected chi connectivity index (χ4v) is 10.7. The maximum Gasteiger partial charge on any atom is 0.268 e. The Morgan fingerprint density at radius 1 is 0.453 bits per heavy atom. The molecule has 0 fully saturated rings. The number of hydrogen-bond donors (Lipinski definition) is 2. The van der Waals surface area contributed by atoms with Gasteiger partial charge in [-0.1, -0.05) is 314 Å². The number of unbranched alkanes of at least 4 members (excludes halogenated alkanes) is 44. The van der Waals surface area contributed by atoms with Crippen LogP contribution in [0.2, 0.25) is 0 Å². The number of aliphatic hydroxyl groups is 1. The summed E-state index contributed by atoms with van der Waals surface area (Å²) < 4.78 is 23.4. The highest BCUT2D eigenvalue weighted by Crippen LogP contribution is 2.38. The fourth-order valence-electron chi connectivity index (χ4n) is 9.95. The molecule has 0 rings (SSSR count). The SMILES string of the molecule is CCCCCCCCCCCCCCCCC/C=C/CC/C=C/CC/C=C/C(O)C(COP(=O)([O-])OCC[N+](C)(C)C)NC(=O)CCCCCCCCCCCCCCCCCCCCCCCCCCCCCC. The van der Waals surface area contributed by atoms with Crippen LogP contribution < -0.4 is 10.2 Å². The van der Waals surface area contributed by atoms with E-state index in [1.807, 2.05) is 27.2 Å². The number of rotatable bonds is 61. The maximum absolute atomic E-state index is 13.0. The van der Waals surface area contributed by atoms with E-state index in [1.165, 1.54) is 263 Å². The number of amides is 1. The first kappa shape index (κ1) is 73.7. The Kier molecular flexibility index (Phi) is 56.4. The predicted octanol–water partition coefficient (Wildman–Crippen LogP) is 19.9. The van der Waals surface area contributed by atoms with Crippen LogP contribution in [0.25, 0.3) is 0 Å². The Balaban J connectivity index is 4.15. The first-order valence-corrected chi connectivity index (χ1v) is 34.3. The number of phosphoric ester groups is 1. The molecule has 0 aliphatic rings. The summed E-state index contributed by atoms with van der Waals surface area (Å²) in [5.41, 5.74) is 0. The van der Waals surface area contributed by atoms with Crippen molar-refractivity contribution in [3.8, 4) is 0 Å². The smallest absolute Gasteiger partial charge is 0.268 e. The summed E-state index contributed by atoms with van der Waals surface area (Å²) in [4.78, 5) is 25.6. The first-order chi connectivity index (χ1) is 36.5. The molecule has 1 amide bonds. The van der Waals surface area contributed by atoms with Crippen LogP contribution in [0.15, 0.2) is 36.5 Å². The molecule has 0 saturated heterocycles. The van der Waals surface area contributed by atoms with Gasteiger partial charge in [-0.05, 0) is 44.9 Å². The number of nitrogens with one attached hydrogen (secondary N) is 1. The zero-order chi connectivity index (χ0) is 54.9. The second-order valence-corrected chi connectivity index (χ2v) is 25.2. The van der Waals surface area contributed by atoms with Gasteiger partial charge in [-0.2, -0.15) is 0 Å². The van der Waals surface area contributed by atoms with Crippen molar-refractivity contribution in [3.05, 3.63) is 36.5 Å². The number of quaternary nitrogens is 1. The molecule has 3 atom stereocenters. The van der Waals surface area contributed by atoms with Crippen molar-refractivity contribution in [1.29, 1.82) is 0 Å². The van der Waals surface area contributed by atoms with Gasteiger partial charge < -0.3 is 28.8 Å². The van der Waals surface area contributed by atoms with E-state index in [-0.39, 0.29) is 12.5 Å². The van der Waals surface area contributed by atoms with Crippen molar-refractivity contribution in [3.63, 3.8) is 0 Å². The number of nitrogens with zero attached hydrogens (tertiary/aromatic N) is 1. The Labute approximate surface area is 467 Å². The molecule has 0 spiro atoms. The minimum absolute atomic E-state index is 0.00716. The van der Waals surface area contributed by atoms with Gasteiger partial charge in [0, 0.05) is 6.42 Å².